The maximum atomic E-state index is 11.8. The maximum Gasteiger partial charge on any atom is 0.331 e. The van der Waals surface area contributed by atoms with E-state index in [4.69, 9.17) is 9.84 Å². The molecule has 0 aromatic heterocycles. The molecule has 1 aromatic rings. The van der Waals surface area contributed by atoms with E-state index >= 15 is 0 Å². The van der Waals surface area contributed by atoms with Gasteiger partial charge in [0, 0.05) is 6.54 Å². The second-order valence-electron chi connectivity index (χ2n) is 4.95. The number of hydrogen-bond donors (Lipinski definition) is 2. The highest BCUT2D eigenvalue weighted by molar-refractivity contribution is 5.89. The zero-order valence-corrected chi connectivity index (χ0v) is 11.5. The van der Waals surface area contributed by atoms with Gasteiger partial charge in [0.05, 0.1) is 18.3 Å². The van der Waals surface area contributed by atoms with Crippen LogP contribution < -0.4 is 15.0 Å². The van der Waals surface area contributed by atoms with Crippen molar-refractivity contribution in [1.29, 1.82) is 0 Å². The number of hydrogen-bond acceptors (Lipinski definition) is 5. The van der Waals surface area contributed by atoms with Crippen LogP contribution in [0.25, 0.3) is 0 Å². The number of esters is 1. The molecule has 1 atom stereocenters. The first-order chi connectivity index (χ1) is 9.45. The largest absolute Gasteiger partial charge is 0.423 e. The van der Waals surface area contributed by atoms with Gasteiger partial charge in [0.25, 0.3) is 0 Å². The summed E-state index contributed by atoms with van der Waals surface area (Å²) in [6.07, 6.45) is -0.597. The second-order valence-corrected chi connectivity index (χ2v) is 4.95. The monoisotopic (exact) mass is 278 g/mol. The van der Waals surface area contributed by atoms with Gasteiger partial charge in [-0.3, -0.25) is 4.79 Å². The number of amides is 1. The number of carbonyl (C=O) groups is 2. The van der Waals surface area contributed by atoms with Crippen LogP contribution in [0, 0.1) is 6.92 Å². The van der Waals surface area contributed by atoms with Crippen LogP contribution >= 0.6 is 0 Å². The number of benzene rings is 1. The summed E-state index contributed by atoms with van der Waals surface area (Å²) in [7, 11) is 0. The lowest BCUT2D eigenvalue weighted by atomic mass is 10.1. The summed E-state index contributed by atoms with van der Waals surface area (Å²) in [6, 6.07) is 5.45. The maximum absolute atomic E-state index is 11.8. The van der Waals surface area contributed by atoms with Crippen LogP contribution in [-0.2, 0) is 9.59 Å². The summed E-state index contributed by atoms with van der Waals surface area (Å²) in [6.45, 7) is 3.81. The molecule has 6 nitrogen and oxygen atoms in total. The van der Waals surface area contributed by atoms with Gasteiger partial charge < -0.3 is 20.1 Å². The molecule has 1 heterocycles. The van der Waals surface area contributed by atoms with Gasteiger partial charge in [-0.1, -0.05) is 6.07 Å². The summed E-state index contributed by atoms with van der Waals surface area (Å²) >= 11 is 0. The van der Waals surface area contributed by atoms with Gasteiger partial charge in [0.1, 0.15) is 6.54 Å². The van der Waals surface area contributed by atoms with Crippen LogP contribution in [0.15, 0.2) is 18.2 Å². The number of nitrogens with one attached hydrogen (secondary N) is 1. The molecule has 2 rings (SSSR count). The Hall–Kier alpha value is -2.08. The van der Waals surface area contributed by atoms with Gasteiger partial charge in [-0.15, -0.1) is 0 Å². The van der Waals surface area contributed by atoms with Crippen LogP contribution in [0.3, 0.4) is 0 Å². The third-order valence-corrected chi connectivity index (χ3v) is 2.93. The molecule has 0 radical (unpaired) electrons. The van der Waals surface area contributed by atoms with Crippen molar-refractivity contribution in [3.63, 3.8) is 0 Å². The number of nitrogens with zero attached hydrogens (tertiary/aromatic N) is 1. The molecule has 1 unspecified atom stereocenters. The Morgan fingerprint density at radius 3 is 3.00 bits per heavy atom. The lowest BCUT2D eigenvalue weighted by Crippen LogP contribution is -2.44. The smallest absolute Gasteiger partial charge is 0.331 e. The molecule has 0 saturated heterocycles. The van der Waals surface area contributed by atoms with E-state index in [-0.39, 0.29) is 31.5 Å². The number of aryl methyl sites for hydroxylation is 1. The predicted molar refractivity (Wildman–Crippen MR) is 73.7 cm³/mol. The minimum absolute atomic E-state index is 0.0402. The summed E-state index contributed by atoms with van der Waals surface area (Å²) in [5.41, 5.74) is 1.76. The number of ether oxygens (including phenoxy) is 1. The molecule has 1 aromatic carbocycles. The molecule has 20 heavy (non-hydrogen) atoms. The fraction of sp³-hybridized carbons (Fsp3) is 0.429. The third kappa shape index (κ3) is 3.48. The number of rotatable bonds is 4. The Balaban J connectivity index is 2.10. The van der Waals surface area contributed by atoms with Gasteiger partial charge >= 0.3 is 5.97 Å². The molecule has 1 aliphatic rings. The van der Waals surface area contributed by atoms with Crippen molar-refractivity contribution < 1.29 is 19.4 Å². The molecule has 108 valence electrons. The lowest BCUT2D eigenvalue weighted by Gasteiger charge is -2.29. The van der Waals surface area contributed by atoms with Gasteiger partial charge in [-0.25, -0.2) is 4.79 Å². The second kappa shape index (κ2) is 5.92. The van der Waals surface area contributed by atoms with E-state index in [1.54, 1.807) is 17.9 Å². The van der Waals surface area contributed by atoms with Crippen LogP contribution in [0.2, 0.25) is 0 Å². The highest BCUT2D eigenvalue weighted by Crippen LogP contribution is 2.32. The van der Waals surface area contributed by atoms with Gasteiger partial charge in [-0.05, 0) is 31.5 Å². The number of aliphatic hydroxyl groups is 1. The Kier molecular flexibility index (Phi) is 4.24. The van der Waals surface area contributed by atoms with Crippen LogP contribution in [0.5, 0.6) is 5.75 Å². The minimum atomic E-state index is -0.597. The first-order valence-corrected chi connectivity index (χ1v) is 6.47. The topological polar surface area (TPSA) is 78.9 Å². The number of carbonyl (C=O) groups excluding carboxylic acids is 2. The summed E-state index contributed by atoms with van der Waals surface area (Å²) in [5, 5.41) is 11.7. The quantitative estimate of drug-likeness (QED) is 0.608. The van der Waals surface area contributed by atoms with Crippen molar-refractivity contribution in [3.8, 4) is 5.75 Å². The standard InChI is InChI=1S/C14H18N2O4/c1-9-3-4-12-11(5-9)16(8-14(19)20-12)7-13(18)15-6-10(2)17/h3-5,10,17H,6-8H2,1-2H3,(H,15,18). The van der Waals surface area contributed by atoms with Crippen molar-refractivity contribution >= 4 is 17.6 Å². The highest BCUT2D eigenvalue weighted by atomic mass is 16.5. The van der Waals surface area contributed by atoms with E-state index in [2.05, 4.69) is 5.32 Å². The molecule has 0 fully saturated rings. The summed E-state index contributed by atoms with van der Waals surface area (Å²) in [4.78, 5) is 25.0. The van der Waals surface area contributed by atoms with Gasteiger partial charge in [-0.2, -0.15) is 0 Å². The Morgan fingerprint density at radius 2 is 2.30 bits per heavy atom. The van der Waals surface area contributed by atoms with Crippen LogP contribution in [0.4, 0.5) is 5.69 Å². The normalized spacial score (nSPS) is 15.3. The molecular weight excluding hydrogens is 260 g/mol. The van der Waals surface area contributed by atoms with E-state index in [0.717, 1.165) is 11.3 Å². The van der Waals surface area contributed by atoms with Crippen LogP contribution in [-0.4, -0.2) is 42.7 Å². The SMILES string of the molecule is Cc1ccc2c(c1)N(CC(=O)NCC(C)O)CC(=O)O2. The average molecular weight is 278 g/mol. The molecular formula is C14H18N2O4. The molecule has 1 aliphatic heterocycles. The van der Waals surface area contributed by atoms with E-state index < -0.39 is 6.10 Å². The Morgan fingerprint density at radius 1 is 1.55 bits per heavy atom. The molecule has 0 aliphatic carbocycles. The molecule has 0 saturated carbocycles. The molecule has 6 heteroatoms. The number of anilines is 1. The first kappa shape index (κ1) is 14.3. The van der Waals surface area contributed by atoms with Gasteiger partial charge in [0.15, 0.2) is 5.75 Å². The molecule has 2 N–H and O–H groups in total. The van der Waals surface area contributed by atoms with E-state index in [0.29, 0.717) is 5.75 Å². The van der Waals surface area contributed by atoms with E-state index in [9.17, 15) is 9.59 Å². The number of fused-ring (bicyclic) bond motifs is 1. The molecule has 0 spiro atoms. The van der Waals surface area contributed by atoms with Crippen molar-refractivity contribution in [1.82, 2.24) is 5.32 Å². The van der Waals surface area contributed by atoms with Crippen molar-refractivity contribution in [2.75, 3.05) is 24.5 Å². The fourth-order valence-electron chi connectivity index (χ4n) is 1.99. The van der Waals surface area contributed by atoms with Crippen molar-refractivity contribution in [2.24, 2.45) is 0 Å². The Bertz CT molecular complexity index is 528. The first-order valence-electron chi connectivity index (χ1n) is 6.47. The average Bonchev–Trinajstić information content (AvgIpc) is 2.37. The highest BCUT2D eigenvalue weighted by Gasteiger charge is 2.25. The molecule has 0 bridgehead atoms. The fourth-order valence-corrected chi connectivity index (χ4v) is 1.99. The van der Waals surface area contributed by atoms with Crippen LogP contribution in [0.1, 0.15) is 12.5 Å². The van der Waals surface area contributed by atoms with E-state index in [1.807, 2.05) is 19.1 Å². The predicted octanol–water partition coefficient (Wildman–Crippen LogP) is 0.217. The minimum Gasteiger partial charge on any atom is -0.423 e. The summed E-state index contributed by atoms with van der Waals surface area (Å²) < 4.78 is 5.14. The molecule has 1 amide bonds. The third-order valence-electron chi connectivity index (χ3n) is 2.93. The van der Waals surface area contributed by atoms with Crippen molar-refractivity contribution in [2.45, 2.75) is 20.0 Å². The summed E-state index contributed by atoms with van der Waals surface area (Å²) in [5.74, 6) is -0.159. The Labute approximate surface area is 117 Å². The zero-order valence-electron chi connectivity index (χ0n) is 11.5. The van der Waals surface area contributed by atoms with Gasteiger partial charge in [0.2, 0.25) is 5.91 Å². The van der Waals surface area contributed by atoms with Crippen molar-refractivity contribution in [3.05, 3.63) is 23.8 Å². The number of aliphatic hydroxyl groups excluding tert-OH is 1. The lowest BCUT2D eigenvalue weighted by molar-refractivity contribution is -0.133. The van der Waals surface area contributed by atoms with E-state index in [1.165, 1.54) is 0 Å². The zero-order chi connectivity index (χ0) is 14.7.